The Kier molecular flexibility index (Phi) is 3.74. The monoisotopic (exact) mass is 339 g/mol. The molecule has 0 spiro atoms. The minimum absolute atomic E-state index is 0.339. The summed E-state index contributed by atoms with van der Waals surface area (Å²) in [6, 6.07) is 18.0. The van der Waals surface area contributed by atoms with Crippen LogP contribution in [-0.4, -0.2) is 15.8 Å². The van der Waals surface area contributed by atoms with Gasteiger partial charge in [-0.25, -0.2) is 9.97 Å². The van der Waals surface area contributed by atoms with Crippen LogP contribution in [0.15, 0.2) is 61.1 Å². The van der Waals surface area contributed by atoms with Crippen LogP contribution < -0.4 is 5.32 Å². The van der Waals surface area contributed by atoms with Crippen molar-refractivity contribution in [2.24, 2.45) is 0 Å². The topological polar surface area (TPSA) is 85.5 Å². The SMILES string of the molecule is C[C@@]1(c2cccc(-c3cccc(C#N)c3)c2)Cc2ncncc2C(=N)N1. The van der Waals surface area contributed by atoms with E-state index in [1.165, 1.54) is 6.33 Å². The molecule has 1 aliphatic rings. The molecule has 4 rings (SSSR count). The first kappa shape index (κ1) is 16.0. The molecular weight excluding hydrogens is 322 g/mol. The molecule has 0 saturated carbocycles. The van der Waals surface area contributed by atoms with Gasteiger partial charge in [0.15, 0.2) is 0 Å². The molecule has 3 aromatic rings. The number of amidine groups is 1. The second-order valence-electron chi connectivity index (χ2n) is 6.67. The average molecular weight is 339 g/mol. The summed E-state index contributed by atoms with van der Waals surface area (Å²) in [7, 11) is 0. The minimum atomic E-state index is -0.429. The van der Waals surface area contributed by atoms with Crippen molar-refractivity contribution in [3.63, 3.8) is 0 Å². The zero-order valence-corrected chi connectivity index (χ0v) is 14.3. The molecule has 2 N–H and O–H groups in total. The number of nitrogens with zero attached hydrogens (tertiary/aromatic N) is 3. The van der Waals surface area contributed by atoms with Crippen LogP contribution in [0, 0.1) is 16.7 Å². The van der Waals surface area contributed by atoms with Gasteiger partial charge in [-0.1, -0.05) is 30.3 Å². The minimum Gasteiger partial charge on any atom is -0.360 e. The Balaban J connectivity index is 1.75. The third-order valence-corrected chi connectivity index (χ3v) is 4.81. The molecule has 1 aromatic heterocycles. The number of nitriles is 1. The third-order valence-electron chi connectivity index (χ3n) is 4.81. The van der Waals surface area contributed by atoms with Gasteiger partial charge in [-0.2, -0.15) is 5.26 Å². The van der Waals surface area contributed by atoms with Gasteiger partial charge in [0, 0.05) is 12.6 Å². The van der Waals surface area contributed by atoms with Crippen LogP contribution in [-0.2, 0) is 12.0 Å². The standard InChI is InChI=1S/C21H17N5/c1-21(10-19-18(20(23)26-21)12-24-13-25-19)17-7-3-6-16(9-17)15-5-2-4-14(8-15)11-22/h2-9,12-13H,10H2,1H3,(H2,23,26)/t21-/m0/s1. The number of fused-ring (bicyclic) bond motifs is 1. The Labute approximate surface area is 151 Å². The highest BCUT2D eigenvalue weighted by atomic mass is 15.1. The fourth-order valence-corrected chi connectivity index (χ4v) is 3.41. The van der Waals surface area contributed by atoms with Crippen LogP contribution in [0.3, 0.4) is 0 Å². The Morgan fingerprint density at radius 1 is 1.15 bits per heavy atom. The molecule has 126 valence electrons. The fraction of sp³-hybridized carbons (Fsp3) is 0.143. The van der Waals surface area contributed by atoms with Crippen LogP contribution in [0.25, 0.3) is 11.1 Å². The van der Waals surface area contributed by atoms with E-state index in [1.54, 1.807) is 12.3 Å². The maximum absolute atomic E-state index is 9.13. The predicted molar refractivity (Wildman–Crippen MR) is 99.6 cm³/mol. The number of hydrogen-bond donors (Lipinski definition) is 2. The zero-order chi connectivity index (χ0) is 18.1. The molecule has 0 amide bonds. The van der Waals surface area contributed by atoms with E-state index < -0.39 is 5.54 Å². The Morgan fingerprint density at radius 3 is 2.73 bits per heavy atom. The molecule has 2 aromatic carbocycles. The highest BCUT2D eigenvalue weighted by Gasteiger charge is 2.34. The molecule has 0 fully saturated rings. The second kappa shape index (κ2) is 6.08. The second-order valence-corrected chi connectivity index (χ2v) is 6.67. The van der Waals surface area contributed by atoms with Gasteiger partial charge in [0.25, 0.3) is 0 Å². The first-order valence-electron chi connectivity index (χ1n) is 8.36. The maximum Gasteiger partial charge on any atom is 0.129 e. The van der Waals surface area contributed by atoms with Crippen molar-refractivity contribution in [1.29, 1.82) is 10.7 Å². The van der Waals surface area contributed by atoms with Crippen molar-refractivity contribution in [2.45, 2.75) is 18.9 Å². The van der Waals surface area contributed by atoms with E-state index in [0.717, 1.165) is 27.9 Å². The largest absolute Gasteiger partial charge is 0.360 e. The predicted octanol–water partition coefficient (Wildman–Crippen LogP) is 3.40. The van der Waals surface area contributed by atoms with E-state index in [9.17, 15) is 0 Å². The Morgan fingerprint density at radius 2 is 1.92 bits per heavy atom. The van der Waals surface area contributed by atoms with Crippen molar-refractivity contribution in [3.8, 4) is 17.2 Å². The molecule has 5 heteroatoms. The maximum atomic E-state index is 9.13. The molecule has 0 saturated heterocycles. The van der Waals surface area contributed by atoms with Crippen LogP contribution >= 0.6 is 0 Å². The number of benzene rings is 2. The molecule has 0 radical (unpaired) electrons. The molecule has 2 heterocycles. The number of nitrogens with one attached hydrogen (secondary N) is 2. The van der Waals surface area contributed by atoms with Crippen molar-refractivity contribution >= 4 is 5.84 Å². The quantitative estimate of drug-likeness (QED) is 0.749. The summed E-state index contributed by atoms with van der Waals surface area (Å²) in [6.45, 7) is 2.08. The van der Waals surface area contributed by atoms with Gasteiger partial charge in [-0.3, -0.25) is 5.41 Å². The molecule has 0 bridgehead atoms. The normalized spacial score (nSPS) is 18.5. The lowest BCUT2D eigenvalue weighted by atomic mass is 9.82. The van der Waals surface area contributed by atoms with Crippen LogP contribution in [0.2, 0.25) is 0 Å². The molecule has 1 aliphatic heterocycles. The molecule has 0 unspecified atom stereocenters. The lowest BCUT2D eigenvalue weighted by molar-refractivity contribution is 0.416. The number of aromatic nitrogens is 2. The van der Waals surface area contributed by atoms with Gasteiger partial charge in [-0.15, -0.1) is 0 Å². The number of rotatable bonds is 2. The highest BCUT2D eigenvalue weighted by Crippen LogP contribution is 2.32. The van der Waals surface area contributed by atoms with E-state index in [4.69, 9.17) is 10.7 Å². The van der Waals surface area contributed by atoms with Crippen molar-refractivity contribution in [2.75, 3.05) is 0 Å². The molecule has 26 heavy (non-hydrogen) atoms. The molecule has 0 aliphatic carbocycles. The van der Waals surface area contributed by atoms with Gasteiger partial charge in [0.2, 0.25) is 0 Å². The van der Waals surface area contributed by atoms with Gasteiger partial charge >= 0.3 is 0 Å². The highest BCUT2D eigenvalue weighted by molar-refractivity contribution is 5.98. The Bertz CT molecular complexity index is 1050. The summed E-state index contributed by atoms with van der Waals surface area (Å²) in [6.07, 6.45) is 3.89. The first-order valence-corrected chi connectivity index (χ1v) is 8.36. The molecule has 1 atom stereocenters. The molecule has 5 nitrogen and oxygen atoms in total. The van der Waals surface area contributed by atoms with E-state index in [1.807, 2.05) is 30.3 Å². The summed E-state index contributed by atoms with van der Waals surface area (Å²) in [4.78, 5) is 8.39. The van der Waals surface area contributed by atoms with Crippen LogP contribution in [0.5, 0.6) is 0 Å². The van der Waals surface area contributed by atoms with E-state index in [0.29, 0.717) is 17.8 Å². The van der Waals surface area contributed by atoms with Crippen LogP contribution in [0.1, 0.15) is 29.3 Å². The summed E-state index contributed by atoms with van der Waals surface area (Å²) < 4.78 is 0. The van der Waals surface area contributed by atoms with Gasteiger partial charge in [0.1, 0.15) is 12.2 Å². The van der Waals surface area contributed by atoms with Gasteiger partial charge in [-0.05, 0) is 41.8 Å². The summed E-state index contributed by atoms with van der Waals surface area (Å²) >= 11 is 0. The van der Waals surface area contributed by atoms with E-state index in [-0.39, 0.29) is 0 Å². The smallest absolute Gasteiger partial charge is 0.129 e. The van der Waals surface area contributed by atoms with E-state index >= 15 is 0 Å². The molecular formula is C21H17N5. The summed E-state index contributed by atoms with van der Waals surface area (Å²) in [5.74, 6) is 0.339. The summed E-state index contributed by atoms with van der Waals surface area (Å²) in [5, 5.41) is 20.8. The van der Waals surface area contributed by atoms with Crippen molar-refractivity contribution in [1.82, 2.24) is 15.3 Å². The van der Waals surface area contributed by atoms with Gasteiger partial charge in [0.05, 0.1) is 28.4 Å². The first-order chi connectivity index (χ1) is 12.6. The van der Waals surface area contributed by atoms with Gasteiger partial charge < -0.3 is 5.32 Å². The van der Waals surface area contributed by atoms with Crippen LogP contribution in [0.4, 0.5) is 0 Å². The summed E-state index contributed by atoms with van der Waals surface area (Å²) in [5.41, 5.74) is 4.96. The lowest BCUT2D eigenvalue weighted by Gasteiger charge is -2.37. The average Bonchev–Trinajstić information content (AvgIpc) is 2.68. The van der Waals surface area contributed by atoms with E-state index in [2.05, 4.69) is 40.4 Å². The fourth-order valence-electron chi connectivity index (χ4n) is 3.41. The van der Waals surface area contributed by atoms with Crippen molar-refractivity contribution in [3.05, 3.63) is 83.4 Å². The zero-order valence-electron chi connectivity index (χ0n) is 14.3. The number of hydrogen-bond acceptors (Lipinski definition) is 4. The third kappa shape index (κ3) is 2.72. The Hall–Kier alpha value is -3.52. The lowest BCUT2D eigenvalue weighted by Crippen LogP contribution is -2.49. The van der Waals surface area contributed by atoms with Crippen molar-refractivity contribution < 1.29 is 0 Å².